The molecular formula is C9H7FN2O. The Hall–Kier alpha value is -1.71. The molecule has 2 aromatic rings. The quantitative estimate of drug-likeness (QED) is 0.606. The molecule has 0 unspecified atom stereocenters. The van der Waals surface area contributed by atoms with E-state index in [2.05, 4.69) is 4.98 Å². The maximum Gasteiger partial charge on any atom is 0.257 e. The molecule has 0 saturated heterocycles. The summed E-state index contributed by atoms with van der Waals surface area (Å²) in [6.07, 6.45) is 2.56. The van der Waals surface area contributed by atoms with Crippen molar-refractivity contribution in [1.29, 1.82) is 0 Å². The largest absolute Gasteiger partial charge is 0.269 e. The monoisotopic (exact) mass is 178 g/mol. The first-order chi connectivity index (χ1) is 6.18. The van der Waals surface area contributed by atoms with Gasteiger partial charge in [-0.25, -0.2) is 9.37 Å². The molecule has 2 rings (SSSR count). The van der Waals surface area contributed by atoms with Gasteiger partial charge in [0.15, 0.2) is 0 Å². The van der Waals surface area contributed by atoms with Gasteiger partial charge in [0.25, 0.3) is 5.56 Å². The minimum absolute atomic E-state index is 0.271. The molecule has 13 heavy (non-hydrogen) atoms. The van der Waals surface area contributed by atoms with Gasteiger partial charge in [0.1, 0.15) is 11.5 Å². The highest BCUT2D eigenvalue weighted by Gasteiger charge is 2.01. The van der Waals surface area contributed by atoms with Gasteiger partial charge in [-0.2, -0.15) is 0 Å². The van der Waals surface area contributed by atoms with Crippen molar-refractivity contribution in [1.82, 2.24) is 9.38 Å². The molecule has 2 heterocycles. The van der Waals surface area contributed by atoms with Gasteiger partial charge in [0.2, 0.25) is 0 Å². The van der Waals surface area contributed by atoms with E-state index in [-0.39, 0.29) is 5.56 Å². The van der Waals surface area contributed by atoms with Gasteiger partial charge in [0, 0.05) is 18.5 Å². The second-order valence-corrected chi connectivity index (χ2v) is 2.82. The number of hydrogen-bond acceptors (Lipinski definition) is 2. The molecule has 0 fully saturated rings. The summed E-state index contributed by atoms with van der Waals surface area (Å²) in [5.74, 6) is -0.430. The van der Waals surface area contributed by atoms with Crippen LogP contribution in [0.5, 0.6) is 0 Å². The van der Waals surface area contributed by atoms with Gasteiger partial charge in [-0.3, -0.25) is 9.20 Å². The van der Waals surface area contributed by atoms with Crippen molar-refractivity contribution in [2.45, 2.75) is 6.92 Å². The van der Waals surface area contributed by atoms with Crippen LogP contribution in [-0.4, -0.2) is 9.38 Å². The maximum atomic E-state index is 12.9. The average molecular weight is 178 g/mol. The second-order valence-electron chi connectivity index (χ2n) is 2.82. The predicted molar refractivity (Wildman–Crippen MR) is 46.2 cm³/mol. The molecule has 0 bridgehead atoms. The zero-order chi connectivity index (χ0) is 9.42. The fraction of sp³-hybridized carbons (Fsp3) is 0.111. The molecule has 0 aliphatic rings. The summed E-state index contributed by atoms with van der Waals surface area (Å²) >= 11 is 0. The van der Waals surface area contributed by atoms with Crippen molar-refractivity contribution in [2.24, 2.45) is 0 Å². The predicted octanol–water partition coefficient (Wildman–Crippen LogP) is 1.14. The fourth-order valence-corrected chi connectivity index (χ4v) is 1.27. The number of fused-ring (bicyclic) bond motifs is 1. The highest BCUT2D eigenvalue weighted by Crippen LogP contribution is 2.06. The van der Waals surface area contributed by atoms with E-state index in [1.165, 1.54) is 22.7 Å². The Morgan fingerprint density at radius 1 is 1.54 bits per heavy atom. The van der Waals surface area contributed by atoms with E-state index in [0.29, 0.717) is 11.2 Å². The third-order valence-electron chi connectivity index (χ3n) is 1.84. The highest BCUT2D eigenvalue weighted by molar-refractivity contribution is 5.45. The Morgan fingerprint density at radius 3 is 3.08 bits per heavy atom. The Morgan fingerprint density at radius 2 is 2.31 bits per heavy atom. The van der Waals surface area contributed by atoms with Crippen LogP contribution < -0.4 is 5.56 Å². The number of pyridine rings is 1. The Bertz CT molecular complexity index is 518. The van der Waals surface area contributed by atoms with Crippen LogP contribution in [0.3, 0.4) is 0 Å². The first kappa shape index (κ1) is 7.91. The van der Waals surface area contributed by atoms with E-state index in [9.17, 15) is 9.18 Å². The van der Waals surface area contributed by atoms with Crippen molar-refractivity contribution in [3.8, 4) is 0 Å². The smallest absolute Gasteiger partial charge is 0.257 e. The third kappa shape index (κ3) is 1.20. The number of aryl methyl sites for hydroxylation is 1. The molecule has 0 aliphatic carbocycles. The van der Waals surface area contributed by atoms with Crippen molar-refractivity contribution in [3.05, 3.63) is 46.3 Å². The lowest BCUT2D eigenvalue weighted by atomic mass is 10.3. The topological polar surface area (TPSA) is 34.4 Å². The van der Waals surface area contributed by atoms with E-state index in [1.807, 2.05) is 0 Å². The van der Waals surface area contributed by atoms with Gasteiger partial charge >= 0.3 is 0 Å². The van der Waals surface area contributed by atoms with Gasteiger partial charge in [0.05, 0.1) is 0 Å². The van der Waals surface area contributed by atoms with Crippen molar-refractivity contribution in [3.63, 3.8) is 0 Å². The summed E-state index contributed by atoms with van der Waals surface area (Å²) in [5, 5.41) is 0. The van der Waals surface area contributed by atoms with Gasteiger partial charge in [-0.15, -0.1) is 0 Å². The molecule has 0 aromatic carbocycles. The minimum Gasteiger partial charge on any atom is -0.269 e. The standard InChI is InChI=1S/C9H7FN2O/c1-6-4-7(10)5-12-8(13)2-3-11-9(6)12/h2-5H,1H3. The summed E-state index contributed by atoms with van der Waals surface area (Å²) in [7, 11) is 0. The van der Waals surface area contributed by atoms with Crippen LogP contribution in [0, 0.1) is 12.7 Å². The first-order valence-electron chi connectivity index (χ1n) is 3.82. The summed E-state index contributed by atoms with van der Waals surface area (Å²) in [6, 6.07) is 2.65. The molecule has 0 spiro atoms. The molecule has 0 saturated carbocycles. The van der Waals surface area contributed by atoms with Crippen LogP contribution in [0.25, 0.3) is 5.65 Å². The number of aromatic nitrogens is 2. The van der Waals surface area contributed by atoms with Crippen LogP contribution in [0.1, 0.15) is 5.56 Å². The van der Waals surface area contributed by atoms with E-state index in [0.717, 1.165) is 6.20 Å². The number of halogens is 1. The maximum absolute atomic E-state index is 12.9. The van der Waals surface area contributed by atoms with Gasteiger partial charge in [-0.1, -0.05) is 0 Å². The summed E-state index contributed by atoms with van der Waals surface area (Å²) in [4.78, 5) is 15.2. The zero-order valence-electron chi connectivity index (χ0n) is 6.99. The fourth-order valence-electron chi connectivity index (χ4n) is 1.27. The molecule has 4 heteroatoms. The second kappa shape index (κ2) is 2.65. The van der Waals surface area contributed by atoms with E-state index in [1.54, 1.807) is 6.92 Å². The Balaban J connectivity index is 3.03. The molecule has 0 atom stereocenters. The molecule has 2 aromatic heterocycles. The van der Waals surface area contributed by atoms with Crippen molar-refractivity contribution >= 4 is 5.65 Å². The highest BCUT2D eigenvalue weighted by atomic mass is 19.1. The Kier molecular flexibility index (Phi) is 1.62. The summed E-state index contributed by atoms with van der Waals surface area (Å²) in [6.45, 7) is 1.71. The van der Waals surface area contributed by atoms with Crippen molar-refractivity contribution < 1.29 is 4.39 Å². The lowest BCUT2D eigenvalue weighted by Crippen LogP contribution is -2.13. The lowest BCUT2D eigenvalue weighted by molar-refractivity contribution is 0.616. The molecule has 0 N–H and O–H groups in total. The van der Waals surface area contributed by atoms with E-state index in [4.69, 9.17) is 0 Å². The number of nitrogens with zero attached hydrogens (tertiary/aromatic N) is 2. The minimum atomic E-state index is -0.430. The van der Waals surface area contributed by atoms with Crippen LogP contribution in [0.4, 0.5) is 4.39 Å². The van der Waals surface area contributed by atoms with Crippen molar-refractivity contribution in [2.75, 3.05) is 0 Å². The number of rotatable bonds is 0. The van der Waals surface area contributed by atoms with Crippen LogP contribution in [0.15, 0.2) is 29.3 Å². The van der Waals surface area contributed by atoms with Gasteiger partial charge in [-0.05, 0) is 18.6 Å². The summed E-state index contributed by atoms with van der Waals surface area (Å²) < 4.78 is 14.1. The molecule has 0 amide bonds. The van der Waals surface area contributed by atoms with E-state index >= 15 is 0 Å². The molecule has 66 valence electrons. The van der Waals surface area contributed by atoms with Crippen LogP contribution >= 0.6 is 0 Å². The third-order valence-corrected chi connectivity index (χ3v) is 1.84. The van der Waals surface area contributed by atoms with Gasteiger partial charge < -0.3 is 0 Å². The number of hydrogen-bond donors (Lipinski definition) is 0. The summed E-state index contributed by atoms with van der Waals surface area (Å²) in [5.41, 5.74) is 0.874. The Labute approximate surface area is 73.5 Å². The molecule has 0 aliphatic heterocycles. The average Bonchev–Trinajstić information content (AvgIpc) is 2.07. The van der Waals surface area contributed by atoms with Crippen LogP contribution in [-0.2, 0) is 0 Å². The first-order valence-corrected chi connectivity index (χ1v) is 3.82. The van der Waals surface area contributed by atoms with Crippen LogP contribution in [0.2, 0.25) is 0 Å². The SMILES string of the molecule is Cc1cc(F)cn2c(=O)ccnc12. The molecule has 3 nitrogen and oxygen atoms in total. The molecular weight excluding hydrogens is 171 g/mol. The molecule has 0 radical (unpaired) electrons. The normalized spacial score (nSPS) is 10.6. The van der Waals surface area contributed by atoms with E-state index < -0.39 is 5.82 Å². The lowest BCUT2D eigenvalue weighted by Gasteiger charge is -2.01. The zero-order valence-corrected chi connectivity index (χ0v) is 6.99.